The molecule has 0 aromatic heterocycles. The standard InChI is InChI=1S/C15H14Br2ClN/c1-9-3-2-4-12(15(9)17)14(19)7-10-5-6-11(16)8-13(10)18/h2-6,8,14H,7,19H2,1H3. The average molecular weight is 404 g/mol. The van der Waals surface area contributed by atoms with Crippen LogP contribution in [-0.4, -0.2) is 0 Å². The Labute approximate surface area is 135 Å². The normalized spacial score (nSPS) is 12.5. The molecule has 2 aromatic carbocycles. The number of rotatable bonds is 3. The molecule has 0 spiro atoms. The van der Waals surface area contributed by atoms with Crippen LogP contribution in [0.1, 0.15) is 22.7 Å². The summed E-state index contributed by atoms with van der Waals surface area (Å²) in [5.74, 6) is 0. The summed E-state index contributed by atoms with van der Waals surface area (Å²) in [6.45, 7) is 2.06. The van der Waals surface area contributed by atoms with Crippen molar-refractivity contribution in [3.8, 4) is 0 Å². The van der Waals surface area contributed by atoms with E-state index in [0.29, 0.717) is 6.42 Å². The molecule has 2 rings (SSSR count). The zero-order chi connectivity index (χ0) is 14.0. The Morgan fingerprint density at radius 2 is 1.95 bits per heavy atom. The minimum absolute atomic E-state index is 0.0760. The monoisotopic (exact) mass is 401 g/mol. The molecule has 0 amide bonds. The van der Waals surface area contributed by atoms with Gasteiger partial charge in [-0.15, -0.1) is 0 Å². The first-order valence-electron chi connectivity index (χ1n) is 5.93. The number of aryl methyl sites for hydroxylation is 1. The van der Waals surface area contributed by atoms with Crippen LogP contribution in [0.5, 0.6) is 0 Å². The highest BCUT2D eigenvalue weighted by molar-refractivity contribution is 9.10. The molecular formula is C15H14Br2ClN. The van der Waals surface area contributed by atoms with Gasteiger partial charge in [-0.3, -0.25) is 0 Å². The van der Waals surface area contributed by atoms with Gasteiger partial charge in [0.1, 0.15) is 0 Å². The molecule has 0 radical (unpaired) electrons. The van der Waals surface area contributed by atoms with Gasteiger partial charge in [0, 0.05) is 20.0 Å². The van der Waals surface area contributed by atoms with Crippen LogP contribution in [0.2, 0.25) is 5.02 Å². The van der Waals surface area contributed by atoms with Crippen molar-refractivity contribution in [2.75, 3.05) is 0 Å². The third-order valence-electron chi connectivity index (χ3n) is 3.08. The average Bonchev–Trinajstić information content (AvgIpc) is 2.36. The van der Waals surface area contributed by atoms with Crippen molar-refractivity contribution >= 4 is 43.5 Å². The van der Waals surface area contributed by atoms with E-state index in [0.717, 1.165) is 25.1 Å². The molecular weight excluding hydrogens is 389 g/mol. The second-order valence-electron chi connectivity index (χ2n) is 4.52. The molecule has 0 bridgehead atoms. The Hall–Kier alpha value is -0.350. The maximum atomic E-state index is 6.30. The maximum Gasteiger partial charge on any atom is 0.0449 e. The zero-order valence-electron chi connectivity index (χ0n) is 10.5. The summed E-state index contributed by atoms with van der Waals surface area (Å²) < 4.78 is 2.06. The van der Waals surface area contributed by atoms with Crippen molar-refractivity contribution in [2.24, 2.45) is 5.73 Å². The predicted octanol–water partition coefficient (Wildman–Crippen LogP) is 5.42. The van der Waals surface area contributed by atoms with Crippen molar-refractivity contribution in [2.45, 2.75) is 19.4 Å². The Morgan fingerprint density at radius 1 is 1.21 bits per heavy atom. The predicted molar refractivity (Wildman–Crippen MR) is 88.7 cm³/mol. The Morgan fingerprint density at radius 3 is 2.63 bits per heavy atom. The quantitative estimate of drug-likeness (QED) is 0.728. The van der Waals surface area contributed by atoms with Crippen LogP contribution in [0.25, 0.3) is 0 Å². The Bertz CT molecular complexity index is 599. The van der Waals surface area contributed by atoms with E-state index in [2.05, 4.69) is 50.9 Å². The summed E-state index contributed by atoms with van der Waals surface area (Å²) in [4.78, 5) is 0. The third kappa shape index (κ3) is 3.60. The second-order valence-corrected chi connectivity index (χ2v) is 6.64. The minimum Gasteiger partial charge on any atom is -0.324 e. The van der Waals surface area contributed by atoms with E-state index >= 15 is 0 Å². The van der Waals surface area contributed by atoms with Gasteiger partial charge in [0.15, 0.2) is 0 Å². The third-order valence-corrected chi connectivity index (χ3v) is 5.00. The smallest absolute Gasteiger partial charge is 0.0449 e. The van der Waals surface area contributed by atoms with Gasteiger partial charge in [0.05, 0.1) is 0 Å². The van der Waals surface area contributed by atoms with Crippen molar-refractivity contribution in [1.29, 1.82) is 0 Å². The van der Waals surface area contributed by atoms with E-state index < -0.39 is 0 Å². The largest absolute Gasteiger partial charge is 0.324 e. The molecule has 0 aliphatic carbocycles. The molecule has 1 nitrogen and oxygen atoms in total. The fraction of sp³-hybridized carbons (Fsp3) is 0.200. The van der Waals surface area contributed by atoms with E-state index in [-0.39, 0.29) is 6.04 Å². The zero-order valence-corrected chi connectivity index (χ0v) is 14.4. The fourth-order valence-electron chi connectivity index (χ4n) is 1.99. The van der Waals surface area contributed by atoms with E-state index in [1.165, 1.54) is 5.56 Å². The van der Waals surface area contributed by atoms with Crippen molar-refractivity contribution in [3.05, 3.63) is 67.1 Å². The molecule has 100 valence electrons. The van der Waals surface area contributed by atoms with Crippen LogP contribution in [0.3, 0.4) is 0 Å². The topological polar surface area (TPSA) is 26.0 Å². The number of halogens is 3. The highest BCUT2D eigenvalue weighted by atomic mass is 79.9. The number of benzene rings is 2. The first-order chi connectivity index (χ1) is 8.99. The van der Waals surface area contributed by atoms with Gasteiger partial charge in [0.25, 0.3) is 0 Å². The summed E-state index contributed by atoms with van der Waals surface area (Å²) in [5.41, 5.74) is 9.66. The van der Waals surface area contributed by atoms with Crippen molar-refractivity contribution in [3.63, 3.8) is 0 Å². The van der Waals surface area contributed by atoms with Gasteiger partial charge in [0.2, 0.25) is 0 Å². The lowest BCUT2D eigenvalue weighted by Crippen LogP contribution is -2.14. The van der Waals surface area contributed by atoms with Crippen LogP contribution in [-0.2, 0) is 6.42 Å². The first kappa shape index (κ1) is 15.0. The highest BCUT2D eigenvalue weighted by Crippen LogP contribution is 2.30. The molecule has 1 atom stereocenters. The van der Waals surface area contributed by atoms with E-state index in [4.69, 9.17) is 17.3 Å². The lowest BCUT2D eigenvalue weighted by Gasteiger charge is -2.16. The number of hydrogen-bond donors (Lipinski definition) is 1. The van der Waals surface area contributed by atoms with Crippen LogP contribution >= 0.6 is 43.5 Å². The van der Waals surface area contributed by atoms with E-state index in [1.807, 2.05) is 24.3 Å². The maximum absolute atomic E-state index is 6.30. The Balaban J connectivity index is 2.25. The number of nitrogens with two attached hydrogens (primary N) is 1. The lowest BCUT2D eigenvalue weighted by atomic mass is 9.98. The highest BCUT2D eigenvalue weighted by Gasteiger charge is 2.13. The summed E-state index contributed by atoms with van der Waals surface area (Å²) in [7, 11) is 0. The minimum atomic E-state index is -0.0760. The number of hydrogen-bond acceptors (Lipinski definition) is 1. The Kier molecular flexibility index (Phi) is 5.07. The van der Waals surface area contributed by atoms with Crippen LogP contribution in [0.4, 0.5) is 0 Å². The molecule has 2 aromatic rings. The fourth-order valence-corrected chi connectivity index (χ4v) is 3.30. The van der Waals surface area contributed by atoms with Gasteiger partial charge in [-0.25, -0.2) is 0 Å². The van der Waals surface area contributed by atoms with Gasteiger partial charge < -0.3 is 5.73 Å². The van der Waals surface area contributed by atoms with Gasteiger partial charge >= 0.3 is 0 Å². The van der Waals surface area contributed by atoms with Crippen LogP contribution in [0.15, 0.2) is 45.3 Å². The summed E-state index contributed by atoms with van der Waals surface area (Å²) in [6, 6.07) is 12.0. The summed E-state index contributed by atoms with van der Waals surface area (Å²) >= 11 is 13.2. The van der Waals surface area contributed by atoms with Gasteiger partial charge in [-0.1, -0.05) is 67.7 Å². The molecule has 1 unspecified atom stereocenters. The van der Waals surface area contributed by atoms with Crippen LogP contribution < -0.4 is 5.73 Å². The molecule has 0 aliphatic rings. The first-order valence-corrected chi connectivity index (χ1v) is 7.90. The molecule has 0 saturated carbocycles. The van der Waals surface area contributed by atoms with Crippen LogP contribution in [0, 0.1) is 6.92 Å². The molecule has 4 heteroatoms. The molecule has 0 saturated heterocycles. The van der Waals surface area contributed by atoms with Crippen molar-refractivity contribution < 1.29 is 0 Å². The summed E-state index contributed by atoms with van der Waals surface area (Å²) in [6.07, 6.45) is 0.716. The van der Waals surface area contributed by atoms with Crippen molar-refractivity contribution in [1.82, 2.24) is 0 Å². The van der Waals surface area contributed by atoms with E-state index in [9.17, 15) is 0 Å². The molecule has 19 heavy (non-hydrogen) atoms. The lowest BCUT2D eigenvalue weighted by molar-refractivity contribution is 0.717. The molecule has 0 fully saturated rings. The summed E-state index contributed by atoms with van der Waals surface area (Å²) in [5, 5.41) is 0.744. The molecule has 2 N–H and O–H groups in total. The molecule has 0 heterocycles. The van der Waals surface area contributed by atoms with Gasteiger partial charge in [-0.2, -0.15) is 0 Å². The molecule has 0 aliphatic heterocycles. The van der Waals surface area contributed by atoms with Gasteiger partial charge in [-0.05, 0) is 42.2 Å². The van der Waals surface area contributed by atoms with E-state index in [1.54, 1.807) is 0 Å². The SMILES string of the molecule is Cc1cccc(C(N)Cc2ccc(Br)cc2Cl)c1Br. The second kappa shape index (κ2) is 6.40.